The molecule has 3 aromatic rings. The summed E-state index contributed by atoms with van der Waals surface area (Å²) >= 11 is 17.5. The molecule has 180 valence electrons. The summed E-state index contributed by atoms with van der Waals surface area (Å²) < 4.78 is 11.6. The van der Waals surface area contributed by atoms with E-state index in [-0.39, 0.29) is 5.91 Å². The van der Waals surface area contributed by atoms with Crippen LogP contribution < -0.4 is 14.4 Å². The number of halogens is 3. The molecule has 4 rings (SSSR count). The lowest BCUT2D eigenvalue weighted by Crippen LogP contribution is -2.28. The quantitative estimate of drug-likeness (QED) is 0.281. The van der Waals surface area contributed by atoms with Gasteiger partial charge in [-0.15, -0.1) is 0 Å². The largest absolute Gasteiger partial charge is 0.493 e. The number of aryl methyl sites for hydroxylation is 2. The molecular formula is C26H21BrCl2N2O3S. The summed E-state index contributed by atoms with van der Waals surface area (Å²) in [4.78, 5) is 20.4. The summed E-state index contributed by atoms with van der Waals surface area (Å²) in [6.45, 7) is 3.84. The van der Waals surface area contributed by atoms with Gasteiger partial charge in [-0.2, -0.15) is 0 Å². The Balaban J connectivity index is 1.82. The van der Waals surface area contributed by atoms with E-state index < -0.39 is 0 Å². The van der Waals surface area contributed by atoms with E-state index in [1.165, 1.54) is 11.8 Å². The molecular weight excluding hydrogens is 571 g/mol. The van der Waals surface area contributed by atoms with E-state index in [0.717, 1.165) is 16.7 Å². The second kappa shape index (κ2) is 10.7. The third-order valence-electron chi connectivity index (χ3n) is 5.35. The maximum absolute atomic E-state index is 13.6. The zero-order valence-corrected chi connectivity index (χ0v) is 23.3. The van der Waals surface area contributed by atoms with Gasteiger partial charge in [-0.25, -0.2) is 4.99 Å². The molecule has 1 aliphatic rings. The maximum Gasteiger partial charge on any atom is 0.271 e. The van der Waals surface area contributed by atoms with E-state index in [4.69, 9.17) is 37.7 Å². The number of nitrogens with zero attached hydrogens (tertiary/aromatic N) is 2. The van der Waals surface area contributed by atoms with E-state index in [9.17, 15) is 4.79 Å². The molecule has 0 N–H and O–H groups in total. The van der Waals surface area contributed by atoms with Crippen molar-refractivity contribution in [2.24, 2.45) is 4.99 Å². The van der Waals surface area contributed by atoms with Crippen LogP contribution in [-0.2, 0) is 4.79 Å². The van der Waals surface area contributed by atoms with E-state index in [1.807, 2.05) is 50.2 Å². The van der Waals surface area contributed by atoms with Gasteiger partial charge < -0.3 is 9.47 Å². The Morgan fingerprint density at radius 2 is 1.66 bits per heavy atom. The summed E-state index contributed by atoms with van der Waals surface area (Å²) in [7, 11) is 3.14. The van der Waals surface area contributed by atoms with Crippen LogP contribution in [0.5, 0.6) is 11.5 Å². The molecule has 1 aliphatic heterocycles. The fourth-order valence-electron chi connectivity index (χ4n) is 3.43. The number of amides is 1. The number of carbonyl (C=O) groups is 1. The predicted molar refractivity (Wildman–Crippen MR) is 150 cm³/mol. The number of ether oxygens (including phenoxy) is 2. The normalized spacial score (nSPS) is 15.9. The zero-order valence-electron chi connectivity index (χ0n) is 19.4. The standard InChI is InChI=1S/C26H21BrCl2N2O3S/c1-14-5-7-17(12-20(14)28)30-26-31(18-8-6-15(2)21(29)13-18)25(32)23(35-26)11-16-9-19(27)24(34-4)22(10-16)33-3/h5-13H,1-4H3/b23-11+,30-26?. The van der Waals surface area contributed by atoms with Crippen LogP contribution in [0.2, 0.25) is 10.0 Å². The number of rotatable bonds is 5. The average Bonchev–Trinajstić information content (AvgIpc) is 3.12. The molecule has 1 amide bonds. The van der Waals surface area contributed by atoms with Gasteiger partial charge in [-0.1, -0.05) is 35.3 Å². The number of amidine groups is 1. The molecule has 0 atom stereocenters. The van der Waals surface area contributed by atoms with Gasteiger partial charge in [0.05, 0.1) is 35.0 Å². The molecule has 0 bridgehead atoms. The van der Waals surface area contributed by atoms with E-state index in [0.29, 0.717) is 47.5 Å². The molecule has 0 aromatic heterocycles. The molecule has 5 nitrogen and oxygen atoms in total. The van der Waals surface area contributed by atoms with Crippen LogP contribution in [0, 0.1) is 13.8 Å². The first-order valence-corrected chi connectivity index (χ1v) is 12.8. The predicted octanol–water partition coefficient (Wildman–Crippen LogP) is 8.20. The molecule has 1 saturated heterocycles. The van der Waals surface area contributed by atoms with Crippen molar-refractivity contribution in [1.29, 1.82) is 0 Å². The molecule has 0 saturated carbocycles. The molecule has 0 radical (unpaired) electrons. The lowest BCUT2D eigenvalue weighted by molar-refractivity contribution is -0.113. The highest BCUT2D eigenvalue weighted by Gasteiger charge is 2.35. The van der Waals surface area contributed by atoms with Crippen molar-refractivity contribution in [2.75, 3.05) is 19.1 Å². The lowest BCUT2D eigenvalue weighted by atomic mass is 10.1. The van der Waals surface area contributed by atoms with Gasteiger partial charge in [0.25, 0.3) is 5.91 Å². The Bertz CT molecular complexity index is 1390. The monoisotopic (exact) mass is 590 g/mol. The zero-order chi connectivity index (χ0) is 25.3. The van der Waals surface area contributed by atoms with Crippen molar-refractivity contribution in [3.8, 4) is 11.5 Å². The van der Waals surface area contributed by atoms with Crippen molar-refractivity contribution < 1.29 is 14.3 Å². The molecule has 1 heterocycles. The number of anilines is 1. The Hall–Kier alpha value is -2.45. The van der Waals surface area contributed by atoms with Gasteiger partial charge in [0.1, 0.15) is 0 Å². The molecule has 3 aromatic carbocycles. The molecule has 0 aliphatic carbocycles. The van der Waals surface area contributed by atoms with Crippen molar-refractivity contribution in [3.63, 3.8) is 0 Å². The second-order valence-electron chi connectivity index (χ2n) is 7.75. The van der Waals surface area contributed by atoms with Crippen LogP contribution in [0.25, 0.3) is 6.08 Å². The van der Waals surface area contributed by atoms with Gasteiger partial charge in [0, 0.05) is 10.0 Å². The minimum atomic E-state index is -0.210. The number of aliphatic imine (C=N–C) groups is 1. The van der Waals surface area contributed by atoms with E-state index >= 15 is 0 Å². The smallest absolute Gasteiger partial charge is 0.271 e. The number of hydrogen-bond donors (Lipinski definition) is 0. The third-order valence-corrected chi connectivity index (χ3v) is 7.73. The number of carbonyl (C=O) groups excluding carboxylic acids is 1. The maximum atomic E-state index is 13.6. The van der Waals surface area contributed by atoms with Crippen LogP contribution in [0.3, 0.4) is 0 Å². The van der Waals surface area contributed by atoms with Gasteiger partial charge in [-0.3, -0.25) is 9.69 Å². The van der Waals surface area contributed by atoms with Crippen LogP contribution in [0.15, 0.2) is 62.9 Å². The van der Waals surface area contributed by atoms with Gasteiger partial charge in [0.15, 0.2) is 16.7 Å². The van der Waals surface area contributed by atoms with Crippen LogP contribution >= 0.6 is 50.9 Å². The summed E-state index contributed by atoms with van der Waals surface area (Å²) in [5.41, 5.74) is 3.92. The Labute approximate surface area is 226 Å². The van der Waals surface area contributed by atoms with Crippen molar-refractivity contribution in [1.82, 2.24) is 0 Å². The molecule has 35 heavy (non-hydrogen) atoms. The highest BCUT2D eigenvalue weighted by Crippen LogP contribution is 2.41. The lowest BCUT2D eigenvalue weighted by Gasteiger charge is -2.16. The molecule has 0 spiro atoms. The molecule has 1 fully saturated rings. The fraction of sp³-hybridized carbons (Fsp3) is 0.154. The summed E-state index contributed by atoms with van der Waals surface area (Å²) in [6.07, 6.45) is 1.80. The fourth-order valence-corrected chi connectivity index (χ4v) is 5.40. The van der Waals surface area contributed by atoms with Gasteiger partial charge in [0.2, 0.25) is 0 Å². The summed E-state index contributed by atoms with van der Waals surface area (Å²) in [5, 5.41) is 1.68. The summed E-state index contributed by atoms with van der Waals surface area (Å²) in [6, 6.07) is 14.7. The minimum absolute atomic E-state index is 0.210. The highest BCUT2D eigenvalue weighted by atomic mass is 79.9. The van der Waals surface area contributed by atoms with E-state index in [1.54, 1.807) is 37.3 Å². The van der Waals surface area contributed by atoms with Crippen LogP contribution in [-0.4, -0.2) is 25.3 Å². The Morgan fingerprint density at radius 3 is 2.29 bits per heavy atom. The first kappa shape index (κ1) is 25.6. The van der Waals surface area contributed by atoms with Crippen molar-refractivity contribution in [2.45, 2.75) is 13.8 Å². The van der Waals surface area contributed by atoms with Crippen LogP contribution in [0.1, 0.15) is 16.7 Å². The number of benzene rings is 3. The van der Waals surface area contributed by atoms with E-state index in [2.05, 4.69) is 15.9 Å². The topological polar surface area (TPSA) is 51.1 Å². The third kappa shape index (κ3) is 5.38. The minimum Gasteiger partial charge on any atom is -0.493 e. The Morgan fingerprint density at radius 1 is 0.971 bits per heavy atom. The van der Waals surface area contributed by atoms with Crippen LogP contribution in [0.4, 0.5) is 11.4 Å². The molecule has 0 unspecified atom stereocenters. The first-order valence-electron chi connectivity index (χ1n) is 10.5. The highest BCUT2D eigenvalue weighted by molar-refractivity contribution is 9.10. The number of methoxy groups -OCH3 is 2. The molecule has 9 heteroatoms. The van der Waals surface area contributed by atoms with Crippen molar-refractivity contribution in [3.05, 3.63) is 84.6 Å². The van der Waals surface area contributed by atoms with Gasteiger partial charge >= 0.3 is 0 Å². The first-order chi connectivity index (χ1) is 16.7. The average molecular weight is 592 g/mol. The van der Waals surface area contributed by atoms with Gasteiger partial charge in [-0.05, 0) is 101 Å². The Kier molecular flexibility index (Phi) is 7.81. The summed E-state index contributed by atoms with van der Waals surface area (Å²) in [5.74, 6) is 0.918. The van der Waals surface area contributed by atoms with Crippen molar-refractivity contribution >= 4 is 79.4 Å². The second-order valence-corrected chi connectivity index (χ2v) is 10.4. The SMILES string of the molecule is COc1cc(/C=C2/SC(=Nc3ccc(C)c(Cl)c3)N(c3ccc(C)c(Cl)c3)C2=O)cc(Br)c1OC. The number of hydrogen-bond acceptors (Lipinski definition) is 5. The number of thioether (sulfide) groups is 1.